The molecule has 0 aromatic heterocycles. The lowest BCUT2D eigenvalue weighted by atomic mass is 10.2. The Balaban J connectivity index is 2.46. The molecular weight excluding hydrogens is 320 g/mol. The maximum absolute atomic E-state index is 12.3. The Morgan fingerprint density at radius 1 is 1.22 bits per heavy atom. The molecule has 0 fully saturated rings. The summed E-state index contributed by atoms with van der Waals surface area (Å²) in [4.78, 5) is 0.868. The molecule has 0 radical (unpaired) electrons. The number of benzene rings is 1. The number of allylic oxidation sites excluding steroid dienone is 1. The Morgan fingerprint density at radius 2 is 1.78 bits per heavy atom. The fourth-order valence-corrected chi connectivity index (χ4v) is 3.99. The first kappa shape index (κ1) is 20.3. The zero-order valence-corrected chi connectivity index (χ0v) is 17.5. The van der Waals surface area contributed by atoms with Crippen molar-refractivity contribution in [2.24, 2.45) is 0 Å². The first-order valence-electron chi connectivity index (χ1n) is 8.31. The second-order valence-electron chi connectivity index (χ2n) is 7.79. The van der Waals surface area contributed by atoms with E-state index in [1.165, 1.54) is 11.1 Å². The molecule has 0 saturated carbocycles. The zero-order valence-electron chi connectivity index (χ0n) is 15.7. The third-order valence-corrected chi connectivity index (χ3v) is 10.4. The van der Waals surface area contributed by atoms with E-state index in [2.05, 4.69) is 40.8 Å². The van der Waals surface area contributed by atoms with Crippen LogP contribution in [-0.2, 0) is 15.2 Å². The van der Waals surface area contributed by atoms with Crippen molar-refractivity contribution in [2.75, 3.05) is 6.61 Å². The number of rotatable bonds is 7. The Bertz CT molecular complexity index is 554. The van der Waals surface area contributed by atoms with Crippen LogP contribution < -0.4 is 0 Å². The van der Waals surface area contributed by atoms with E-state index in [0.29, 0.717) is 0 Å². The van der Waals surface area contributed by atoms with E-state index in [9.17, 15) is 4.21 Å². The summed E-state index contributed by atoms with van der Waals surface area (Å²) >= 11 is 0. The van der Waals surface area contributed by atoms with Gasteiger partial charge in [0.25, 0.3) is 0 Å². The molecule has 0 N–H and O–H groups in total. The van der Waals surface area contributed by atoms with Gasteiger partial charge in [0.1, 0.15) is 0 Å². The Labute approximate surface area is 145 Å². The third kappa shape index (κ3) is 6.74. The van der Waals surface area contributed by atoms with Gasteiger partial charge in [-0.15, -0.1) is 0 Å². The van der Waals surface area contributed by atoms with Crippen molar-refractivity contribution in [1.82, 2.24) is 0 Å². The molecule has 1 aromatic rings. The summed E-state index contributed by atoms with van der Waals surface area (Å²) in [7, 11) is -2.70. The average Bonchev–Trinajstić information content (AvgIpc) is 2.43. The molecule has 1 rings (SSSR count). The van der Waals surface area contributed by atoms with Crippen LogP contribution in [0.15, 0.2) is 40.1 Å². The topological polar surface area (TPSA) is 26.3 Å². The van der Waals surface area contributed by atoms with Crippen molar-refractivity contribution in [1.29, 1.82) is 0 Å². The van der Waals surface area contributed by atoms with Gasteiger partial charge in [-0.3, -0.25) is 0 Å². The normalized spacial score (nSPS) is 14.8. The molecule has 4 heteroatoms. The standard InChI is InChI=1S/C19H32O2SSi/c1-16-10-12-18(13-11-16)22(20)15-17(2)9-8-14-21-23(6,7)19(3,4)5/h10-13,15H,8-9,14H2,1-7H3/b17-15-/t22-/m1/s1. The van der Waals surface area contributed by atoms with Gasteiger partial charge in [-0.25, -0.2) is 4.21 Å². The largest absolute Gasteiger partial charge is 0.417 e. The van der Waals surface area contributed by atoms with E-state index in [4.69, 9.17) is 4.43 Å². The monoisotopic (exact) mass is 352 g/mol. The molecule has 23 heavy (non-hydrogen) atoms. The summed E-state index contributed by atoms with van der Waals surface area (Å²) in [6.07, 6.45) is 1.92. The second-order valence-corrected chi connectivity index (χ2v) is 13.9. The van der Waals surface area contributed by atoms with Crippen LogP contribution in [0.3, 0.4) is 0 Å². The highest BCUT2D eigenvalue weighted by molar-refractivity contribution is 7.88. The summed E-state index contributed by atoms with van der Waals surface area (Å²) < 4.78 is 18.5. The molecule has 0 unspecified atom stereocenters. The number of hydrogen-bond acceptors (Lipinski definition) is 2. The van der Waals surface area contributed by atoms with Gasteiger partial charge >= 0.3 is 0 Å². The van der Waals surface area contributed by atoms with Crippen molar-refractivity contribution in [3.63, 3.8) is 0 Å². The highest BCUT2D eigenvalue weighted by atomic mass is 32.2. The minimum Gasteiger partial charge on any atom is -0.417 e. The molecule has 0 amide bonds. The van der Waals surface area contributed by atoms with Crippen LogP contribution in [0.4, 0.5) is 0 Å². The Hall–Kier alpha value is -0.713. The van der Waals surface area contributed by atoms with E-state index in [1.54, 1.807) is 0 Å². The lowest BCUT2D eigenvalue weighted by molar-refractivity contribution is 0.282. The molecule has 130 valence electrons. The Morgan fingerprint density at radius 3 is 2.30 bits per heavy atom. The summed E-state index contributed by atoms with van der Waals surface area (Å²) in [6.45, 7) is 16.2. The fourth-order valence-electron chi connectivity index (χ4n) is 1.88. The van der Waals surface area contributed by atoms with Gasteiger partial charge in [-0.05, 0) is 57.0 Å². The van der Waals surface area contributed by atoms with Crippen molar-refractivity contribution >= 4 is 19.1 Å². The van der Waals surface area contributed by atoms with Crippen molar-refractivity contribution in [3.05, 3.63) is 40.8 Å². The summed E-state index contributed by atoms with van der Waals surface area (Å²) in [5.41, 5.74) is 2.36. The molecule has 2 nitrogen and oxygen atoms in total. The second kappa shape index (κ2) is 8.40. The number of hydrogen-bond donors (Lipinski definition) is 0. The smallest absolute Gasteiger partial charge is 0.191 e. The van der Waals surface area contributed by atoms with E-state index in [-0.39, 0.29) is 5.04 Å². The van der Waals surface area contributed by atoms with Gasteiger partial charge in [-0.1, -0.05) is 44.0 Å². The van der Waals surface area contributed by atoms with Crippen molar-refractivity contribution in [2.45, 2.75) is 70.5 Å². The van der Waals surface area contributed by atoms with Crippen molar-refractivity contribution < 1.29 is 8.63 Å². The van der Waals surface area contributed by atoms with E-state index in [1.807, 2.05) is 36.6 Å². The van der Waals surface area contributed by atoms with Gasteiger partial charge in [0, 0.05) is 16.9 Å². The summed E-state index contributed by atoms with van der Waals surface area (Å²) in [5, 5.41) is 2.13. The molecule has 0 aliphatic carbocycles. The van der Waals surface area contributed by atoms with Crippen LogP contribution in [-0.4, -0.2) is 19.1 Å². The van der Waals surface area contributed by atoms with Gasteiger partial charge in [-0.2, -0.15) is 0 Å². The summed E-state index contributed by atoms with van der Waals surface area (Å²) in [5.74, 6) is 0. The van der Waals surface area contributed by atoms with Crippen LogP contribution >= 0.6 is 0 Å². The lowest BCUT2D eigenvalue weighted by Gasteiger charge is -2.36. The predicted octanol–water partition coefficient (Wildman–Crippen LogP) is 5.81. The molecular formula is C19H32O2SSi. The van der Waals surface area contributed by atoms with Gasteiger partial charge in [0.05, 0.1) is 10.8 Å². The zero-order chi connectivity index (χ0) is 17.7. The minimum absolute atomic E-state index is 0.255. The number of aryl methyl sites for hydroxylation is 1. The first-order chi connectivity index (χ1) is 10.5. The SMILES string of the molecule is C/C(=C/[S@@](=O)c1ccc(C)cc1)CCCO[Si](C)(C)C(C)(C)C. The highest BCUT2D eigenvalue weighted by Crippen LogP contribution is 2.36. The molecule has 1 atom stereocenters. The van der Waals surface area contributed by atoms with Crippen molar-refractivity contribution in [3.8, 4) is 0 Å². The molecule has 1 aromatic carbocycles. The van der Waals surface area contributed by atoms with Gasteiger partial charge in [0.2, 0.25) is 0 Å². The molecule has 0 heterocycles. The maximum Gasteiger partial charge on any atom is 0.191 e. The molecule has 0 bridgehead atoms. The van der Waals surface area contributed by atoms with Crippen LogP contribution in [0.2, 0.25) is 18.1 Å². The van der Waals surface area contributed by atoms with Crippen LogP contribution in [0, 0.1) is 6.92 Å². The van der Waals surface area contributed by atoms with Crippen LogP contribution in [0.1, 0.15) is 46.1 Å². The quantitative estimate of drug-likeness (QED) is 0.457. The highest BCUT2D eigenvalue weighted by Gasteiger charge is 2.36. The Kier molecular flexibility index (Phi) is 7.43. The van der Waals surface area contributed by atoms with Gasteiger partial charge < -0.3 is 4.43 Å². The average molecular weight is 353 g/mol. The summed E-state index contributed by atoms with van der Waals surface area (Å²) in [6, 6.07) is 7.89. The molecule has 0 saturated heterocycles. The molecule has 0 aliphatic rings. The van der Waals surface area contributed by atoms with E-state index in [0.717, 1.165) is 24.3 Å². The maximum atomic E-state index is 12.3. The van der Waals surface area contributed by atoms with Crippen LogP contribution in [0.25, 0.3) is 0 Å². The first-order valence-corrected chi connectivity index (χ1v) is 12.4. The molecule has 0 spiro atoms. The van der Waals surface area contributed by atoms with E-state index >= 15 is 0 Å². The molecule has 0 aliphatic heterocycles. The minimum atomic E-state index is -1.65. The van der Waals surface area contributed by atoms with E-state index < -0.39 is 19.1 Å². The lowest BCUT2D eigenvalue weighted by Crippen LogP contribution is -2.40. The predicted molar refractivity (Wildman–Crippen MR) is 104 cm³/mol. The van der Waals surface area contributed by atoms with Gasteiger partial charge in [0.15, 0.2) is 8.32 Å². The third-order valence-electron chi connectivity index (χ3n) is 4.55. The fraction of sp³-hybridized carbons (Fsp3) is 0.579. The van der Waals surface area contributed by atoms with Crippen LogP contribution in [0.5, 0.6) is 0 Å².